The minimum absolute atomic E-state index is 0.0100. The lowest BCUT2D eigenvalue weighted by Gasteiger charge is -2.19. The standard InChI is InChI=1S/C33H31O12PS.C19H23O10PS.C3H9ClSi.C2H3N/c1-39-26-20-29(41-3)27(30(21-26)42-4)17-18-47(37,38)22-23-15-16-28(40-2)31(19-23)43-46(36,44-32(34)24-11-7-5-8-12-24)45-33(35)25-13-9-6-10-14-25;1-25-14-10-17(27-3)15(18(11-14)28-4)7-8-31(23,24)12-13-5-6-16(26-2)19(9-13)29-30(20,21)22;1-5(2,3)4;1-2-3/h5-21H,22H2,1-4H3;5-11H,12H2,1-4H3,(H2,20,21,22);1-3H3;1H3/b18-17+;8-7+;;. The number of sulfone groups is 2. The van der Waals surface area contributed by atoms with Gasteiger partial charge in [0.2, 0.25) is 0 Å². The molecule has 0 aliphatic rings. The van der Waals surface area contributed by atoms with E-state index in [0.29, 0.717) is 45.6 Å². The topological polar surface area (TPSA) is 312 Å². The van der Waals surface area contributed by atoms with Crippen molar-refractivity contribution in [3.8, 4) is 63.6 Å². The second kappa shape index (κ2) is 33.6. The van der Waals surface area contributed by atoms with Crippen molar-refractivity contribution in [3.63, 3.8) is 0 Å². The lowest BCUT2D eigenvalue weighted by molar-refractivity contribution is 0.0572. The van der Waals surface area contributed by atoms with Gasteiger partial charge in [0.05, 0.1) is 96.7 Å². The molecule has 86 heavy (non-hydrogen) atoms. The zero-order valence-corrected chi connectivity index (χ0v) is 54.0. The first-order valence-electron chi connectivity index (χ1n) is 24.8. The fourth-order valence-corrected chi connectivity index (χ4v) is 10.5. The third kappa shape index (κ3) is 24.5. The molecular formula is C57H66ClNO22P2S2Si. The number of phosphoric acid groups is 2. The summed E-state index contributed by atoms with van der Waals surface area (Å²) in [6, 6.07) is 31.3. The third-order valence-electron chi connectivity index (χ3n) is 10.4. The molecule has 0 atom stereocenters. The summed E-state index contributed by atoms with van der Waals surface area (Å²) in [5.74, 6) is -1.47. The van der Waals surface area contributed by atoms with Crippen LogP contribution >= 0.6 is 26.7 Å². The number of methoxy groups -OCH3 is 8. The van der Waals surface area contributed by atoms with Crippen LogP contribution in [0.25, 0.3) is 12.2 Å². The molecule has 0 saturated carbocycles. The van der Waals surface area contributed by atoms with Crippen LogP contribution in [0.5, 0.6) is 57.5 Å². The van der Waals surface area contributed by atoms with Crippen LogP contribution in [0.15, 0.2) is 132 Å². The molecule has 0 radical (unpaired) electrons. The van der Waals surface area contributed by atoms with Gasteiger partial charge in [-0.05, 0) is 71.8 Å². The molecule has 0 fully saturated rings. The van der Waals surface area contributed by atoms with E-state index in [1.807, 2.05) is 0 Å². The zero-order chi connectivity index (χ0) is 64.5. The van der Waals surface area contributed by atoms with Crippen LogP contribution in [0.1, 0.15) is 49.9 Å². The minimum Gasteiger partial charge on any atom is -0.496 e. The molecule has 2 N–H and O–H groups in total. The first-order valence-corrected chi connectivity index (χ1v) is 35.7. The van der Waals surface area contributed by atoms with E-state index < -0.39 is 66.1 Å². The number of rotatable bonds is 24. The molecule has 0 aromatic heterocycles. The highest BCUT2D eigenvalue weighted by molar-refractivity contribution is 7.93. The Morgan fingerprint density at radius 2 is 0.814 bits per heavy atom. The summed E-state index contributed by atoms with van der Waals surface area (Å²) in [4.78, 5) is 43.8. The van der Waals surface area contributed by atoms with Crippen molar-refractivity contribution in [1.29, 1.82) is 5.26 Å². The predicted octanol–water partition coefficient (Wildman–Crippen LogP) is 11.9. The fourth-order valence-electron chi connectivity index (χ4n) is 6.82. The monoisotopic (exact) mass is 1310 g/mol. The van der Waals surface area contributed by atoms with Crippen LogP contribution in [0.2, 0.25) is 19.6 Å². The Morgan fingerprint density at radius 3 is 1.09 bits per heavy atom. The van der Waals surface area contributed by atoms with Crippen LogP contribution < -0.4 is 46.9 Å². The van der Waals surface area contributed by atoms with E-state index in [2.05, 4.69) is 24.2 Å². The Balaban J connectivity index is 0.000000426. The number of benzene rings is 6. The summed E-state index contributed by atoms with van der Waals surface area (Å²) in [5.41, 5.74) is 1.19. The van der Waals surface area contributed by atoms with Gasteiger partial charge >= 0.3 is 27.6 Å². The highest BCUT2D eigenvalue weighted by Gasteiger charge is 2.39. The van der Waals surface area contributed by atoms with Crippen molar-refractivity contribution in [2.45, 2.75) is 38.1 Å². The van der Waals surface area contributed by atoms with Gasteiger partial charge in [-0.25, -0.2) is 31.0 Å². The van der Waals surface area contributed by atoms with Crippen molar-refractivity contribution in [3.05, 3.63) is 166 Å². The molecule has 0 spiro atoms. The first-order chi connectivity index (χ1) is 40.4. The van der Waals surface area contributed by atoms with Gasteiger partial charge in [0, 0.05) is 42.0 Å². The fraction of sp³-hybridized carbons (Fsp3) is 0.246. The van der Waals surface area contributed by atoms with Gasteiger partial charge in [-0.1, -0.05) is 68.2 Å². The van der Waals surface area contributed by atoms with E-state index in [1.165, 1.54) is 137 Å². The number of phosphoric ester groups is 2. The van der Waals surface area contributed by atoms with E-state index >= 15 is 0 Å². The molecule has 23 nitrogen and oxygen atoms in total. The first kappa shape index (κ1) is 72.3. The van der Waals surface area contributed by atoms with Gasteiger partial charge in [0.15, 0.2) is 42.7 Å². The molecule has 0 amide bonds. The summed E-state index contributed by atoms with van der Waals surface area (Å²) < 4.78 is 139. The summed E-state index contributed by atoms with van der Waals surface area (Å²) in [5, 5.41) is 9.30. The number of carbonyl (C=O) groups is 2. The summed E-state index contributed by atoms with van der Waals surface area (Å²) in [6.45, 7) is 7.71. The largest absolute Gasteiger partial charge is 0.652 e. The van der Waals surface area contributed by atoms with E-state index in [4.69, 9.17) is 77.6 Å². The third-order valence-corrected chi connectivity index (χ3v) is 14.6. The average Bonchev–Trinajstić information content (AvgIpc) is 2.95. The van der Waals surface area contributed by atoms with E-state index in [1.54, 1.807) is 66.7 Å². The average molecular weight is 1310 g/mol. The molecule has 0 heterocycles. The number of hydrogen-bond donors (Lipinski definition) is 2. The minimum atomic E-state index is -5.05. The summed E-state index contributed by atoms with van der Waals surface area (Å²) >= 11 is 5.67. The summed E-state index contributed by atoms with van der Waals surface area (Å²) in [7, 11) is -7.56. The van der Waals surface area contributed by atoms with E-state index in [0.717, 1.165) is 10.8 Å². The lowest BCUT2D eigenvalue weighted by Crippen LogP contribution is -2.13. The number of halogens is 1. The molecule has 6 aromatic rings. The van der Waals surface area contributed by atoms with Crippen molar-refractivity contribution in [2.24, 2.45) is 0 Å². The lowest BCUT2D eigenvalue weighted by atomic mass is 10.1. The molecule has 6 aromatic carbocycles. The van der Waals surface area contributed by atoms with Gasteiger partial charge in [-0.2, -0.15) is 20.9 Å². The van der Waals surface area contributed by atoms with E-state index in [9.17, 15) is 35.6 Å². The molecule has 0 aliphatic carbocycles. The second-order valence-electron chi connectivity index (χ2n) is 18.0. The van der Waals surface area contributed by atoms with Crippen LogP contribution in [0.3, 0.4) is 0 Å². The van der Waals surface area contributed by atoms with Gasteiger partial charge in [-0.3, -0.25) is 9.79 Å². The number of carbonyl (C=O) groups excluding carboxylic acids is 2. The highest BCUT2D eigenvalue weighted by Crippen LogP contribution is 2.53. The Hall–Kier alpha value is -7.98. The maximum atomic E-state index is 13.9. The molecule has 29 heteroatoms. The Kier molecular flexibility index (Phi) is 28.3. The van der Waals surface area contributed by atoms with Gasteiger partial charge in [0.25, 0.3) is 0 Å². The van der Waals surface area contributed by atoms with Crippen molar-refractivity contribution < 1.29 is 101 Å². The molecular weight excluding hydrogens is 1240 g/mol. The van der Waals surface area contributed by atoms with Gasteiger partial charge < -0.3 is 56.0 Å². The second-order valence-corrected chi connectivity index (χ2v) is 31.9. The number of nitrogens with zero attached hydrogens (tertiary/aromatic N) is 1. The van der Waals surface area contributed by atoms with Crippen LogP contribution in [0, 0.1) is 11.3 Å². The van der Waals surface area contributed by atoms with Crippen molar-refractivity contribution in [1.82, 2.24) is 0 Å². The molecule has 0 unspecified atom stereocenters. The number of hydrogen-bond acceptors (Lipinski definition) is 21. The Morgan fingerprint density at radius 1 is 0.512 bits per heavy atom. The van der Waals surface area contributed by atoms with Crippen LogP contribution in [-0.4, -0.2) is 103 Å². The highest BCUT2D eigenvalue weighted by atomic mass is 35.6. The number of ether oxygens (including phenoxy) is 8. The summed E-state index contributed by atoms with van der Waals surface area (Å²) in [6.07, 6.45) is 2.66. The molecule has 6 rings (SSSR count). The predicted molar refractivity (Wildman–Crippen MR) is 327 cm³/mol. The normalized spacial score (nSPS) is 11.3. The van der Waals surface area contributed by atoms with Gasteiger partial charge in [-0.15, -0.1) is 0 Å². The molecule has 0 saturated heterocycles. The SMILES string of the molecule is CC#N.COc1cc(OC)c(/C=C/S(=O)(=O)Cc2ccc(OC)c(OP(=O)(O)O)c2)c(OC)c1.COc1cc(OC)c(/C=C/S(=O)(=O)Cc2ccc(OC)c(OP(=O)(OC(=O)c3ccccc3)OC(=O)c3ccccc3)c2)c(OC)c1.C[Si](C)(C)Cl. The smallest absolute Gasteiger partial charge is 0.496 e. The van der Waals surface area contributed by atoms with Crippen molar-refractivity contribution in [2.75, 3.05) is 56.9 Å². The molecule has 464 valence electrons. The Labute approximate surface area is 505 Å². The number of nitriles is 1. The van der Waals surface area contributed by atoms with Gasteiger partial charge in [0.1, 0.15) is 41.9 Å². The van der Waals surface area contributed by atoms with Crippen molar-refractivity contribution >= 4 is 77.9 Å². The zero-order valence-electron chi connectivity index (χ0n) is 48.9. The molecule has 0 aliphatic heterocycles. The van der Waals surface area contributed by atoms with E-state index in [-0.39, 0.29) is 45.3 Å². The maximum absolute atomic E-state index is 13.9. The van der Waals surface area contributed by atoms with Crippen LogP contribution in [0.4, 0.5) is 0 Å². The quantitative estimate of drug-likeness (QED) is 0.0323. The molecule has 0 bridgehead atoms. The maximum Gasteiger partial charge on any atom is 0.652 e. The van der Waals surface area contributed by atoms with Crippen LogP contribution in [-0.2, 0) is 49.4 Å². The Bertz CT molecular complexity index is 3570.